The van der Waals surface area contributed by atoms with Crippen molar-refractivity contribution in [3.63, 3.8) is 0 Å². The van der Waals surface area contributed by atoms with Gasteiger partial charge in [0.1, 0.15) is 0 Å². The molecule has 2 N–H and O–H groups in total. The van der Waals surface area contributed by atoms with Crippen molar-refractivity contribution in [2.45, 2.75) is 26.7 Å². The molecule has 0 atom stereocenters. The first-order valence-corrected chi connectivity index (χ1v) is 6.71. The SMILES string of the molecule is COCCOCCCCNCC(=O)NCC(C)C. The van der Waals surface area contributed by atoms with Gasteiger partial charge in [-0.2, -0.15) is 0 Å². The summed E-state index contributed by atoms with van der Waals surface area (Å²) in [4.78, 5) is 11.3. The predicted octanol–water partition coefficient (Wildman–Crippen LogP) is 0.791. The molecule has 0 aliphatic carbocycles. The summed E-state index contributed by atoms with van der Waals surface area (Å²) < 4.78 is 10.2. The van der Waals surface area contributed by atoms with Crippen LogP contribution in [0.4, 0.5) is 0 Å². The molecule has 0 saturated carbocycles. The van der Waals surface area contributed by atoms with E-state index in [1.807, 2.05) is 0 Å². The van der Waals surface area contributed by atoms with Crippen LogP contribution in [-0.2, 0) is 14.3 Å². The molecule has 1 amide bonds. The Morgan fingerprint density at radius 2 is 1.94 bits per heavy atom. The minimum Gasteiger partial charge on any atom is -0.382 e. The molecule has 0 unspecified atom stereocenters. The highest BCUT2D eigenvalue weighted by atomic mass is 16.5. The molecule has 0 rings (SSSR count). The van der Waals surface area contributed by atoms with E-state index in [9.17, 15) is 4.79 Å². The largest absolute Gasteiger partial charge is 0.382 e. The molecule has 0 aromatic heterocycles. The molecule has 0 aromatic rings. The Kier molecular flexibility index (Phi) is 12.3. The average molecular weight is 260 g/mol. The minimum absolute atomic E-state index is 0.0695. The number of methoxy groups -OCH3 is 1. The van der Waals surface area contributed by atoms with E-state index in [4.69, 9.17) is 9.47 Å². The van der Waals surface area contributed by atoms with Crippen LogP contribution < -0.4 is 10.6 Å². The molecule has 5 heteroatoms. The lowest BCUT2D eigenvalue weighted by Crippen LogP contribution is -2.36. The van der Waals surface area contributed by atoms with Crippen molar-refractivity contribution in [1.82, 2.24) is 10.6 Å². The molecule has 108 valence electrons. The van der Waals surface area contributed by atoms with Crippen LogP contribution >= 0.6 is 0 Å². The van der Waals surface area contributed by atoms with Gasteiger partial charge in [-0.1, -0.05) is 13.8 Å². The van der Waals surface area contributed by atoms with Crippen LogP contribution in [0.5, 0.6) is 0 Å². The minimum atomic E-state index is 0.0695. The third-order valence-corrected chi connectivity index (χ3v) is 2.32. The zero-order valence-corrected chi connectivity index (χ0v) is 12.0. The predicted molar refractivity (Wildman–Crippen MR) is 72.6 cm³/mol. The molecular formula is C13H28N2O3. The van der Waals surface area contributed by atoms with E-state index in [2.05, 4.69) is 24.5 Å². The fourth-order valence-electron chi connectivity index (χ4n) is 1.28. The second-order valence-electron chi connectivity index (χ2n) is 4.69. The molecule has 5 nitrogen and oxygen atoms in total. The number of hydrogen-bond donors (Lipinski definition) is 2. The second kappa shape index (κ2) is 12.8. The Hall–Kier alpha value is -0.650. The van der Waals surface area contributed by atoms with Gasteiger partial charge in [0.05, 0.1) is 19.8 Å². The lowest BCUT2D eigenvalue weighted by Gasteiger charge is -2.08. The summed E-state index contributed by atoms with van der Waals surface area (Å²) in [5.41, 5.74) is 0. The van der Waals surface area contributed by atoms with E-state index in [1.165, 1.54) is 0 Å². The zero-order valence-electron chi connectivity index (χ0n) is 12.0. The number of amides is 1. The molecule has 0 spiro atoms. The Labute approximate surface area is 111 Å². The van der Waals surface area contributed by atoms with Gasteiger partial charge in [-0.3, -0.25) is 4.79 Å². The standard InChI is InChI=1S/C13H28N2O3/c1-12(2)10-15-13(16)11-14-6-4-5-7-18-9-8-17-3/h12,14H,4-11H2,1-3H3,(H,15,16). The lowest BCUT2D eigenvalue weighted by molar-refractivity contribution is -0.120. The van der Waals surface area contributed by atoms with Gasteiger partial charge in [-0.25, -0.2) is 0 Å². The average Bonchev–Trinajstić information content (AvgIpc) is 2.34. The normalized spacial score (nSPS) is 10.9. The number of ether oxygens (including phenoxy) is 2. The van der Waals surface area contributed by atoms with E-state index in [0.29, 0.717) is 25.7 Å². The Morgan fingerprint density at radius 1 is 1.17 bits per heavy atom. The molecule has 0 aromatic carbocycles. The number of rotatable bonds is 12. The molecular weight excluding hydrogens is 232 g/mol. The smallest absolute Gasteiger partial charge is 0.233 e. The molecule has 0 aliphatic rings. The molecule has 0 bridgehead atoms. The van der Waals surface area contributed by atoms with E-state index in [-0.39, 0.29) is 5.91 Å². The Balaban J connectivity index is 3.12. The second-order valence-corrected chi connectivity index (χ2v) is 4.69. The third-order valence-electron chi connectivity index (χ3n) is 2.32. The summed E-state index contributed by atoms with van der Waals surface area (Å²) in [6, 6.07) is 0. The molecule has 18 heavy (non-hydrogen) atoms. The number of nitrogens with one attached hydrogen (secondary N) is 2. The highest BCUT2D eigenvalue weighted by Crippen LogP contribution is 1.89. The number of carbonyl (C=O) groups excluding carboxylic acids is 1. The van der Waals surface area contributed by atoms with E-state index in [0.717, 1.165) is 32.5 Å². The van der Waals surface area contributed by atoms with Crippen LogP contribution in [-0.4, -0.2) is 52.5 Å². The quantitative estimate of drug-likeness (QED) is 0.509. The third kappa shape index (κ3) is 13.4. The molecule has 0 radical (unpaired) electrons. The highest BCUT2D eigenvalue weighted by molar-refractivity contribution is 5.77. The van der Waals surface area contributed by atoms with Crippen molar-refractivity contribution in [3.8, 4) is 0 Å². The monoisotopic (exact) mass is 260 g/mol. The fraction of sp³-hybridized carbons (Fsp3) is 0.923. The van der Waals surface area contributed by atoms with Crippen LogP contribution in [0.1, 0.15) is 26.7 Å². The summed E-state index contributed by atoms with van der Waals surface area (Å²) >= 11 is 0. The van der Waals surface area contributed by atoms with Crippen molar-refractivity contribution < 1.29 is 14.3 Å². The zero-order chi connectivity index (χ0) is 13.6. The first-order chi connectivity index (χ1) is 8.66. The van der Waals surface area contributed by atoms with Gasteiger partial charge in [0.2, 0.25) is 5.91 Å². The first-order valence-electron chi connectivity index (χ1n) is 6.71. The van der Waals surface area contributed by atoms with Gasteiger partial charge in [0, 0.05) is 20.3 Å². The summed E-state index contributed by atoms with van der Waals surface area (Å²) in [5.74, 6) is 0.568. The number of carbonyl (C=O) groups is 1. The van der Waals surface area contributed by atoms with Crippen LogP contribution in [0.25, 0.3) is 0 Å². The van der Waals surface area contributed by atoms with Gasteiger partial charge in [-0.15, -0.1) is 0 Å². The van der Waals surface area contributed by atoms with Gasteiger partial charge in [-0.05, 0) is 25.3 Å². The number of unbranched alkanes of at least 4 members (excludes halogenated alkanes) is 1. The Bertz CT molecular complexity index is 199. The van der Waals surface area contributed by atoms with Crippen LogP contribution in [0.15, 0.2) is 0 Å². The summed E-state index contributed by atoms with van der Waals surface area (Å²) in [6.07, 6.45) is 2.02. The maximum atomic E-state index is 11.3. The fourth-order valence-corrected chi connectivity index (χ4v) is 1.28. The van der Waals surface area contributed by atoms with Crippen LogP contribution in [0.3, 0.4) is 0 Å². The van der Waals surface area contributed by atoms with Crippen LogP contribution in [0, 0.1) is 5.92 Å². The Morgan fingerprint density at radius 3 is 2.61 bits per heavy atom. The van der Waals surface area contributed by atoms with Crippen LogP contribution in [0.2, 0.25) is 0 Å². The maximum absolute atomic E-state index is 11.3. The van der Waals surface area contributed by atoms with Gasteiger partial charge < -0.3 is 20.1 Å². The maximum Gasteiger partial charge on any atom is 0.233 e. The molecule has 0 saturated heterocycles. The topological polar surface area (TPSA) is 59.6 Å². The van der Waals surface area contributed by atoms with E-state index >= 15 is 0 Å². The number of hydrogen-bond acceptors (Lipinski definition) is 4. The van der Waals surface area contributed by atoms with E-state index < -0.39 is 0 Å². The van der Waals surface area contributed by atoms with Crippen molar-refractivity contribution in [2.75, 3.05) is 46.6 Å². The van der Waals surface area contributed by atoms with Crippen molar-refractivity contribution in [1.29, 1.82) is 0 Å². The molecule has 0 aliphatic heterocycles. The molecule has 0 fully saturated rings. The van der Waals surface area contributed by atoms with Gasteiger partial charge in [0.15, 0.2) is 0 Å². The van der Waals surface area contributed by atoms with Gasteiger partial charge >= 0.3 is 0 Å². The summed E-state index contributed by atoms with van der Waals surface area (Å²) in [6.45, 7) is 8.21. The van der Waals surface area contributed by atoms with Crippen molar-refractivity contribution in [3.05, 3.63) is 0 Å². The first kappa shape index (κ1) is 17.4. The highest BCUT2D eigenvalue weighted by Gasteiger charge is 2.00. The molecule has 0 heterocycles. The van der Waals surface area contributed by atoms with E-state index in [1.54, 1.807) is 7.11 Å². The lowest BCUT2D eigenvalue weighted by atomic mass is 10.2. The van der Waals surface area contributed by atoms with Crippen molar-refractivity contribution >= 4 is 5.91 Å². The van der Waals surface area contributed by atoms with Gasteiger partial charge in [0.25, 0.3) is 0 Å². The summed E-state index contributed by atoms with van der Waals surface area (Å²) in [5, 5.41) is 5.99. The summed E-state index contributed by atoms with van der Waals surface area (Å²) in [7, 11) is 1.66. The van der Waals surface area contributed by atoms with Crippen molar-refractivity contribution in [2.24, 2.45) is 5.92 Å².